The van der Waals surface area contributed by atoms with Gasteiger partial charge in [0, 0.05) is 18.2 Å². The van der Waals surface area contributed by atoms with Gasteiger partial charge >= 0.3 is 0 Å². The summed E-state index contributed by atoms with van der Waals surface area (Å²) in [5, 5.41) is 5.96. The quantitative estimate of drug-likeness (QED) is 0.791. The van der Waals surface area contributed by atoms with Crippen molar-refractivity contribution in [3.8, 4) is 5.75 Å². The molecule has 0 fully saturated rings. The molecular weight excluding hydrogens is 340 g/mol. The van der Waals surface area contributed by atoms with Crippen LogP contribution in [0.2, 0.25) is 5.02 Å². The van der Waals surface area contributed by atoms with Crippen molar-refractivity contribution >= 4 is 34.8 Å². The SMILES string of the molecule is COc1cc(NC(=O)CC(C)C)ccc1NC(=O)c1ccccc1Cl. The van der Waals surface area contributed by atoms with Crippen LogP contribution >= 0.6 is 11.6 Å². The summed E-state index contributed by atoms with van der Waals surface area (Å²) in [4.78, 5) is 24.2. The molecule has 2 rings (SSSR count). The Morgan fingerprint density at radius 1 is 1.12 bits per heavy atom. The Hall–Kier alpha value is -2.53. The van der Waals surface area contributed by atoms with Gasteiger partial charge in [-0.3, -0.25) is 9.59 Å². The molecule has 2 aromatic rings. The number of rotatable bonds is 6. The first kappa shape index (κ1) is 18.8. The first-order valence-corrected chi connectivity index (χ1v) is 8.32. The lowest BCUT2D eigenvalue weighted by atomic mass is 10.1. The summed E-state index contributed by atoms with van der Waals surface area (Å²) >= 11 is 6.04. The van der Waals surface area contributed by atoms with Gasteiger partial charge < -0.3 is 15.4 Å². The van der Waals surface area contributed by atoms with E-state index in [9.17, 15) is 9.59 Å². The van der Waals surface area contributed by atoms with Crippen molar-refractivity contribution in [3.63, 3.8) is 0 Å². The molecule has 0 saturated heterocycles. The van der Waals surface area contributed by atoms with Crippen LogP contribution in [0.25, 0.3) is 0 Å². The van der Waals surface area contributed by atoms with Gasteiger partial charge in [0.05, 0.1) is 23.4 Å². The first-order chi connectivity index (χ1) is 11.9. The second kappa shape index (κ2) is 8.53. The van der Waals surface area contributed by atoms with Crippen LogP contribution in [0.1, 0.15) is 30.6 Å². The molecule has 2 N–H and O–H groups in total. The zero-order valence-corrected chi connectivity index (χ0v) is 15.2. The number of hydrogen-bond donors (Lipinski definition) is 2. The maximum atomic E-state index is 12.4. The molecule has 25 heavy (non-hydrogen) atoms. The molecule has 6 heteroatoms. The monoisotopic (exact) mass is 360 g/mol. The maximum absolute atomic E-state index is 12.4. The third-order valence-corrected chi connectivity index (χ3v) is 3.78. The Balaban J connectivity index is 2.15. The van der Waals surface area contributed by atoms with Gasteiger partial charge in [-0.15, -0.1) is 0 Å². The van der Waals surface area contributed by atoms with Crippen molar-refractivity contribution in [2.45, 2.75) is 20.3 Å². The zero-order chi connectivity index (χ0) is 18.4. The average Bonchev–Trinajstić information content (AvgIpc) is 2.55. The first-order valence-electron chi connectivity index (χ1n) is 7.94. The summed E-state index contributed by atoms with van der Waals surface area (Å²) in [5.74, 6) is 0.323. The van der Waals surface area contributed by atoms with Crippen molar-refractivity contribution < 1.29 is 14.3 Å². The topological polar surface area (TPSA) is 67.4 Å². The van der Waals surface area contributed by atoms with Crippen LogP contribution in [-0.4, -0.2) is 18.9 Å². The molecule has 132 valence electrons. The molecule has 0 aromatic heterocycles. The lowest BCUT2D eigenvalue weighted by Crippen LogP contribution is -2.15. The van der Waals surface area contributed by atoms with E-state index in [2.05, 4.69) is 10.6 Å². The van der Waals surface area contributed by atoms with Gasteiger partial charge in [0.2, 0.25) is 5.91 Å². The molecule has 0 bridgehead atoms. The molecule has 0 spiro atoms. The fourth-order valence-corrected chi connectivity index (χ4v) is 2.51. The minimum Gasteiger partial charge on any atom is -0.494 e. The van der Waals surface area contributed by atoms with E-state index in [0.29, 0.717) is 34.1 Å². The predicted molar refractivity (Wildman–Crippen MR) is 100 cm³/mol. The van der Waals surface area contributed by atoms with E-state index in [0.717, 1.165) is 0 Å². The van der Waals surface area contributed by atoms with E-state index in [-0.39, 0.29) is 17.7 Å². The predicted octanol–water partition coefficient (Wildman–Crippen LogP) is 4.59. The fraction of sp³-hybridized carbons (Fsp3) is 0.263. The van der Waals surface area contributed by atoms with E-state index in [4.69, 9.17) is 16.3 Å². The van der Waals surface area contributed by atoms with Gasteiger partial charge in [0.25, 0.3) is 5.91 Å². The van der Waals surface area contributed by atoms with Crippen molar-refractivity contribution in [1.29, 1.82) is 0 Å². The summed E-state index contributed by atoms with van der Waals surface area (Å²) < 4.78 is 5.32. The molecule has 0 radical (unpaired) electrons. The highest BCUT2D eigenvalue weighted by Crippen LogP contribution is 2.29. The van der Waals surface area contributed by atoms with Crippen LogP contribution in [0, 0.1) is 5.92 Å². The Morgan fingerprint density at radius 3 is 2.48 bits per heavy atom. The van der Waals surface area contributed by atoms with E-state index in [1.54, 1.807) is 42.5 Å². The lowest BCUT2D eigenvalue weighted by Gasteiger charge is -2.13. The molecule has 0 saturated carbocycles. The van der Waals surface area contributed by atoms with Crippen LogP contribution in [0.4, 0.5) is 11.4 Å². The summed E-state index contributed by atoms with van der Waals surface area (Å²) in [6.45, 7) is 3.96. The maximum Gasteiger partial charge on any atom is 0.257 e. The zero-order valence-electron chi connectivity index (χ0n) is 14.4. The van der Waals surface area contributed by atoms with E-state index in [1.165, 1.54) is 7.11 Å². The number of ether oxygens (including phenoxy) is 1. The number of amides is 2. The number of anilines is 2. The lowest BCUT2D eigenvalue weighted by molar-refractivity contribution is -0.116. The number of hydrogen-bond acceptors (Lipinski definition) is 3. The minimum absolute atomic E-state index is 0.0649. The molecule has 0 unspecified atom stereocenters. The summed E-state index contributed by atoms with van der Waals surface area (Å²) in [6, 6.07) is 11.9. The normalized spacial score (nSPS) is 10.4. The molecule has 2 amide bonds. The fourth-order valence-electron chi connectivity index (χ4n) is 2.29. The van der Waals surface area contributed by atoms with Gasteiger partial charge in [0.15, 0.2) is 0 Å². The largest absolute Gasteiger partial charge is 0.494 e. The van der Waals surface area contributed by atoms with E-state index in [1.807, 2.05) is 13.8 Å². The highest BCUT2D eigenvalue weighted by Gasteiger charge is 2.14. The number of halogens is 1. The van der Waals surface area contributed by atoms with Crippen LogP contribution in [0.5, 0.6) is 5.75 Å². The van der Waals surface area contributed by atoms with Crippen LogP contribution < -0.4 is 15.4 Å². The Labute approximate surface area is 152 Å². The summed E-state index contributed by atoms with van der Waals surface area (Å²) in [5.41, 5.74) is 1.48. The molecule has 0 aliphatic carbocycles. The molecular formula is C19H21ClN2O3. The molecule has 2 aromatic carbocycles. The molecule has 5 nitrogen and oxygen atoms in total. The van der Waals surface area contributed by atoms with Crippen LogP contribution in [0.3, 0.4) is 0 Å². The average molecular weight is 361 g/mol. The van der Waals surface area contributed by atoms with Crippen molar-refractivity contribution in [1.82, 2.24) is 0 Å². The van der Waals surface area contributed by atoms with Gasteiger partial charge in [-0.2, -0.15) is 0 Å². The van der Waals surface area contributed by atoms with E-state index >= 15 is 0 Å². The Morgan fingerprint density at radius 2 is 1.84 bits per heavy atom. The highest BCUT2D eigenvalue weighted by atomic mass is 35.5. The van der Waals surface area contributed by atoms with Gasteiger partial charge in [-0.25, -0.2) is 0 Å². The third-order valence-electron chi connectivity index (χ3n) is 3.45. The van der Waals surface area contributed by atoms with Gasteiger partial charge in [0.1, 0.15) is 5.75 Å². The number of benzene rings is 2. The van der Waals surface area contributed by atoms with Gasteiger partial charge in [-0.1, -0.05) is 37.6 Å². The Kier molecular flexibility index (Phi) is 6.42. The minimum atomic E-state index is -0.333. The number of nitrogens with one attached hydrogen (secondary N) is 2. The van der Waals surface area contributed by atoms with Crippen LogP contribution in [-0.2, 0) is 4.79 Å². The van der Waals surface area contributed by atoms with Gasteiger partial charge in [-0.05, 0) is 30.2 Å². The molecule has 0 aliphatic rings. The summed E-state index contributed by atoms with van der Waals surface area (Å²) in [7, 11) is 1.50. The molecule has 0 heterocycles. The van der Waals surface area contributed by atoms with Crippen molar-refractivity contribution in [2.75, 3.05) is 17.7 Å². The molecule has 0 aliphatic heterocycles. The van der Waals surface area contributed by atoms with Crippen molar-refractivity contribution in [3.05, 3.63) is 53.1 Å². The van der Waals surface area contributed by atoms with Crippen LogP contribution in [0.15, 0.2) is 42.5 Å². The smallest absolute Gasteiger partial charge is 0.257 e. The van der Waals surface area contributed by atoms with E-state index < -0.39 is 0 Å². The standard InChI is InChI=1S/C19H21ClN2O3/c1-12(2)10-18(23)21-13-8-9-16(17(11-13)25-3)22-19(24)14-6-4-5-7-15(14)20/h4-9,11-12H,10H2,1-3H3,(H,21,23)(H,22,24). The Bertz CT molecular complexity index is 775. The second-order valence-electron chi connectivity index (χ2n) is 6.00. The second-order valence-corrected chi connectivity index (χ2v) is 6.40. The van der Waals surface area contributed by atoms with Crippen molar-refractivity contribution in [2.24, 2.45) is 5.92 Å². The highest BCUT2D eigenvalue weighted by molar-refractivity contribution is 6.34. The number of carbonyl (C=O) groups excluding carboxylic acids is 2. The number of carbonyl (C=O) groups is 2. The summed E-state index contributed by atoms with van der Waals surface area (Å²) in [6.07, 6.45) is 0.438. The third kappa shape index (κ3) is 5.22. The number of methoxy groups -OCH3 is 1. The molecule has 0 atom stereocenters.